The molecule has 0 bridgehead atoms. The summed E-state index contributed by atoms with van der Waals surface area (Å²) in [5.41, 5.74) is 7.87. The molecular formula is C17H17N3O3. The molecule has 6 heteroatoms. The minimum absolute atomic E-state index is 0.140. The van der Waals surface area contributed by atoms with E-state index in [0.717, 1.165) is 11.1 Å². The third kappa shape index (κ3) is 3.74. The fourth-order valence-electron chi connectivity index (χ4n) is 2.17. The van der Waals surface area contributed by atoms with E-state index < -0.39 is 17.7 Å². The summed E-state index contributed by atoms with van der Waals surface area (Å²) in [6, 6.07) is 11.8. The number of amides is 3. The zero-order valence-corrected chi connectivity index (χ0v) is 12.8. The number of hydrogen-bond acceptors (Lipinski definition) is 3. The van der Waals surface area contributed by atoms with Crippen LogP contribution in [-0.4, -0.2) is 17.7 Å². The van der Waals surface area contributed by atoms with Gasteiger partial charge in [-0.2, -0.15) is 0 Å². The summed E-state index contributed by atoms with van der Waals surface area (Å²) in [4.78, 5) is 35.4. The van der Waals surface area contributed by atoms with Crippen molar-refractivity contribution in [1.82, 2.24) is 0 Å². The van der Waals surface area contributed by atoms with Gasteiger partial charge in [0.25, 0.3) is 5.91 Å². The molecule has 0 aliphatic carbocycles. The lowest BCUT2D eigenvalue weighted by atomic mass is 10.1. The van der Waals surface area contributed by atoms with Gasteiger partial charge in [-0.1, -0.05) is 30.3 Å². The molecule has 0 unspecified atom stereocenters. The molecule has 2 aromatic carbocycles. The predicted octanol–water partition coefficient (Wildman–Crippen LogP) is 1.98. The Morgan fingerprint density at radius 3 is 2.00 bits per heavy atom. The summed E-state index contributed by atoms with van der Waals surface area (Å²) in [7, 11) is 0. The Morgan fingerprint density at radius 2 is 1.39 bits per heavy atom. The zero-order chi connectivity index (χ0) is 17.0. The number of nitrogens with two attached hydrogens (primary N) is 1. The number of primary amides is 1. The summed E-state index contributed by atoms with van der Waals surface area (Å²) >= 11 is 0. The van der Waals surface area contributed by atoms with E-state index in [4.69, 9.17) is 5.73 Å². The number of aryl methyl sites for hydroxylation is 2. The van der Waals surface area contributed by atoms with Gasteiger partial charge in [0.2, 0.25) is 0 Å². The van der Waals surface area contributed by atoms with Gasteiger partial charge in [0, 0.05) is 5.69 Å². The Labute approximate surface area is 133 Å². The van der Waals surface area contributed by atoms with Gasteiger partial charge in [0.05, 0.1) is 11.3 Å². The van der Waals surface area contributed by atoms with Crippen molar-refractivity contribution in [3.8, 4) is 0 Å². The Hall–Kier alpha value is -3.15. The molecule has 0 aromatic heterocycles. The van der Waals surface area contributed by atoms with E-state index in [1.807, 2.05) is 32.0 Å². The Morgan fingerprint density at radius 1 is 0.826 bits per heavy atom. The molecule has 4 N–H and O–H groups in total. The van der Waals surface area contributed by atoms with Gasteiger partial charge in [-0.25, -0.2) is 0 Å². The van der Waals surface area contributed by atoms with Crippen LogP contribution in [0, 0.1) is 13.8 Å². The minimum atomic E-state index is -0.874. The second-order valence-corrected chi connectivity index (χ2v) is 5.08. The Balaban J connectivity index is 2.16. The standard InChI is InChI=1S/C17H17N3O3/c1-10-6-5-7-11(2)14(10)20-17(23)16(22)19-13-9-4-3-8-12(13)15(18)21/h3-9H,1-2H3,(H2,18,21)(H,19,22)(H,20,23). The summed E-state index contributed by atoms with van der Waals surface area (Å²) in [5.74, 6) is -2.38. The van der Waals surface area contributed by atoms with E-state index in [2.05, 4.69) is 10.6 Å². The number of hydrogen-bond donors (Lipinski definition) is 3. The number of para-hydroxylation sites is 2. The molecule has 0 radical (unpaired) electrons. The average molecular weight is 311 g/mol. The number of anilines is 2. The normalized spacial score (nSPS) is 10.0. The first-order valence-corrected chi connectivity index (χ1v) is 6.97. The van der Waals surface area contributed by atoms with Crippen LogP contribution in [-0.2, 0) is 9.59 Å². The van der Waals surface area contributed by atoms with Crippen molar-refractivity contribution in [1.29, 1.82) is 0 Å². The lowest BCUT2D eigenvalue weighted by Gasteiger charge is -2.12. The highest BCUT2D eigenvalue weighted by Crippen LogP contribution is 2.19. The lowest BCUT2D eigenvalue weighted by molar-refractivity contribution is -0.133. The largest absolute Gasteiger partial charge is 0.366 e. The number of nitrogens with one attached hydrogen (secondary N) is 2. The first kappa shape index (κ1) is 16.2. The molecule has 0 aliphatic heterocycles. The minimum Gasteiger partial charge on any atom is -0.366 e. The van der Waals surface area contributed by atoms with Crippen molar-refractivity contribution < 1.29 is 14.4 Å². The van der Waals surface area contributed by atoms with Crippen LogP contribution in [0.3, 0.4) is 0 Å². The molecule has 0 spiro atoms. The topological polar surface area (TPSA) is 101 Å². The van der Waals surface area contributed by atoms with Crippen LogP contribution in [0.5, 0.6) is 0 Å². The van der Waals surface area contributed by atoms with E-state index in [-0.39, 0.29) is 11.3 Å². The fraction of sp³-hybridized carbons (Fsp3) is 0.118. The highest BCUT2D eigenvalue weighted by atomic mass is 16.2. The van der Waals surface area contributed by atoms with Crippen LogP contribution in [0.15, 0.2) is 42.5 Å². The molecule has 0 atom stereocenters. The number of rotatable bonds is 3. The van der Waals surface area contributed by atoms with Crippen molar-refractivity contribution in [2.75, 3.05) is 10.6 Å². The van der Waals surface area contributed by atoms with E-state index in [9.17, 15) is 14.4 Å². The molecule has 6 nitrogen and oxygen atoms in total. The molecule has 118 valence electrons. The van der Waals surface area contributed by atoms with Crippen LogP contribution < -0.4 is 16.4 Å². The lowest BCUT2D eigenvalue weighted by Crippen LogP contribution is -2.30. The highest BCUT2D eigenvalue weighted by Gasteiger charge is 2.18. The maximum Gasteiger partial charge on any atom is 0.314 e. The molecule has 2 rings (SSSR count). The molecule has 2 aromatic rings. The summed E-state index contributed by atoms with van der Waals surface area (Å²) in [6.07, 6.45) is 0. The van der Waals surface area contributed by atoms with Gasteiger partial charge in [-0.15, -0.1) is 0 Å². The number of carbonyl (C=O) groups is 3. The molecule has 0 fully saturated rings. The van der Waals surface area contributed by atoms with Gasteiger partial charge >= 0.3 is 11.8 Å². The van der Waals surface area contributed by atoms with Crippen LogP contribution in [0.2, 0.25) is 0 Å². The van der Waals surface area contributed by atoms with Crippen LogP contribution >= 0.6 is 0 Å². The first-order valence-electron chi connectivity index (χ1n) is 6.97. The second-order valence-electron chi connectivity index (χ2n) is 5.08. The van der Waals surface area contributed by atoms with Crippen molar-refractivity contribution in [3.05, 3.63) is 59.2 Å². The van der Waals surface area contributed by atoms with Crippen molar-refractivity contribution in [3.63, 3.8) is 0 Å². The zero-order valence-electron chi connectivity index (χ0n) is 12.8. The van der Waals surface area contributed by atoms with Gasteiger partial charge in [-0.3, -0.25) is 14.4 Å². The number of benzene rings is 2. The smallest absolute Gasteiger partial charge is 0.314 e. The highest BCUT2D eigenvalue weighted by molar-refractivity contribution is 6.44. The van der Waals surface area contributed by atoms with E-state index in [1.165, 1.54) is 12.1 Å². The Bertz CT molecular complexity index is 764. The SMILES string of the molecule is Cc1cccc(C)c1NC(=O)C(=O)Nc1ccccc1C(N)=O. The van der Waals surface area contributed by atoms with Crippen molar-refractivity contribution in [2.45, 2.75) is 13.8 Å². The van der Waals surface area contributed by atoms with E-state index in [0.29, 0.717) is 5.69 Å². The predicted molar refractivity (Wildman–Crippen MR) is 88.1 cm³/mol. The molecular weight excluding hydrogens is 294 g/mol. The van der Waals surface area contributed by atoms with Crippen LogP contribution in [0.1, 0.15) is 21.5 Å². The maximum absolute atomic E-state index is 12.1. The summed E-state index contributed by atoms with van der Waals surface area (Å²) in [5, 5.41) is 4.98. The second kappa shape index (κ2) is 6.74. The van der Waals surface area contributed by atoms with Crippen LogP contribution in [0.25, 0.3) is 0 Å². The quantitative estimate of drug-likeness (QED) is 0.755. The third-order valence-electron chi connectivity index (χ3n) is 3.37. The first-order chi connectivity index (χ1) is 10.9. The van der Waals surface area contributed by atoms with Gasteiger partial charge < -0.3 is 16.4 Å². The van der Waals surface area contributed by atoms with Crippen LogP contribution in [0.4, 0.5) is 11.4 Å². The number of carbonyl (C=O) groups excluding carboxylic acids is 3. The van der Waals surface area contributed by atoms with E-state index >= 15 is 0 Å². The third-order valence-corrected chi connectivity index (χ3v) is 3.37. The molecule has 3 amide bonds. The van der Waals surface area contributed by atoms with Gasteiger partial charge in [0.1, 0.15) is 0 Å². The summed E-state index contributed by atoms with van der Waals surface area (Å²) < 4.78 is 0. The molecule has 0 aliphatic rings. The maximum atomic E-state index is 12.1. The average Bonchev–Trinajstić information content (AvgIpc) is 2.51. The molecule has 0 saturated heterocycles. The van der Waals surface area contributed by atoms with Crippen molar-refractivity contribution >= 4 is 29.1 Å². The monoisotopic (exact) mass is 311 g/mol. The van der Waals surface area contributed by atoms with Gasteiger partial charge in [0.15, 0.2) is 0 Å². The Kier molecular flexibility index (Phi) is 4.75. The van der Waals surface area contributed by atoms with Crippen molar-refractivity contribution in [2.24, 2.45) is 5.73 Å². The van der Waals surface area contributed by atoms with Gasteiger partial charge in [-0.05, 0) is 37.1 Å². The molecule has 23 heavy (non-hydrogen) atoms. The summed E-state index contributed by atoms with van der Waals surface area (Å²) in [6.45, 7) is 3.67. The molecule has 0 saturated carbocycles. The van der Waals surface area contributed by atoms with E-state index in [1.54, 1.807) is 12.1 Å². The molecule has 0 heterocycles. The fourth-order valence-corrected chi connectivity index (χ4v) is 2.17.